The number of carbonyl (C=O) groups excluding carboxylic acids is 1. The Morgan fingerprint density at radius 1 is 0.931 bits per heavy atom. The number of nitrogens with two attached hydrogens (primary N) is 1. The first kappa shape index (κ1) is 18.7. The summed E-state index contributed by atoms with van der Waals surface area (Å²) < 4.78 is 0. The second-order valence-electron chi connectivity index (χ2n) is 9.27. The van der Waals surface area contributed by atoms with E-state index >= 15 is 0 Å². The third-order valence-corrected chi connectivity index (χ3v) is 7.63. The second kappa shape index (κ2) is 7.49. The van der Waals surface area contributed by atoms with Crippen LogP contribution in [0.4, 0.5) is 5.69 Å². The van der Waals surface area contributed by atoms with Crippen molar-refractivity contribution in [3.63, 3.8) is 0 Å². The van der Waals surface area contributed by atoms with Gasteiger partial charge in [0.1, 0.15) is 0 Å². The zero-order valence-corrected chi connectivity index (χ0v) is 17.1. The normalized spacial score (nSPS) is 24.6. The van der Waals surface area contributed by atoms with Crippen LogP contribution in [0.25, 0.3) is 0 Å². The van der Waals surface area contributed by atoms with Crippen molar-refractivity contribution in [1.29, 1.82) is 0 Å². The molecule has 4 heteroatoms. The smallest absolute Gasteiger partial charge is 0.248 e. The number of primary amides is 1. The van der Waals surface area contributed by atoms with Crippen molar-refractivity contribution in [1.82, 2.24) is 4.90 Å². The topological polar surface area (TPSA) is 49.6 Å². The van der Waals surface area contributed by atoms with E-state index in [1.165, 1.54) is 56.3 Å². The van der Waals surface area contributed by atoms with Gasteiger partial charge in [0.15, 0.2) is 0 Å². The van der Waals surface area contributed by atoms with Crippen LogP contribution in [-0.4, -0.2) is 36.5 Å². The maximum Gasteiger partial charge on any atom is 0.248 e. The molecule has 1 atom stereocenters. The van der Waals surface area contributed by atoms with Gasteiger partial charge in [-0.3, -0.25) is 9.69 Å². The van der Waals surface area contributed by atoms with E-state index in [2.05, 4.69) is 40.1 Å². The Bertz CT molecular complexity index is 847. The molecule has 1 amide bonds. The number of anilines is 1. The molecule has 29 heavy (non-hydrogen) atoms. The molecule has 2 aromatic rings. The minimum atomic E-state index is -0.356. The molecule has 5 rings (SSSR count). The molecule has 2 saturated heterocycles. The maximum absolute atomic E-state index is 11.3. The van der Waals surface area contributed by atoms with E-state index in [-0.39, 0.29) is 5.91 Å². The van der Waals surface area contributed by atoms with Gasteiger partial charge in [0.25, 0.3) is 0 Å². The third kappa shape index (κ3) is 3.55. The number of rotatable bonds is 4. The van der Waals surface area contributed by atoms with E-state index in [1.54, 1.807) is 0 Å². The summed E-state index contributed by atoms with van der Waals surface area (Å²) in [5, 5.41) is 0. The highest BCUT2D eigenvalue weighted by molar-refractivity contribution is 5.93. The first-order valence-electron chi connectivity index (χ1n) is 11.1. The molecule has 0 radical (unpaired) electrons. The van der Waals surface area contributed by atoms with Gasteiger partial charge in [-0.1, -0.05) is 30.3 Å². The van der Waals surface area contributed by atoms with Gasteiger partial charge in [0, 0.05) is 36.4 Å². The lowest BCUT2D eigenvalue weighted by molar-refractivity contribution is -0.0226. The molecule has 3 fully saturated rings. The number of hydrogen-bond donors (Lipinski definition) is 1. The van der Waals surface area contributed by atoms with Crippen LogP contribution in [0.15, 0.2) is 54.6 Å². The Kier molecular flexibility index (Phi) is 4.83. The van der Waals surface area contributed by atoms with Crippen LogP contribution in [0, 0.1) is 5.41 Å². The second-order valence-corrected chi connectivity index (χ2v) is 9.27. The van der Waals surface area contributed by atoms with Gasteiger partial charge in [-0.2, -0.15) is 0 Å². The van der Waals surface area contributed by atoms with Crippen molar-refractivity contribution in [3.8, 4) is 0 Å². The number of benzene rings is 2. The Labute approximate surface area is 173 Å². The fourth-order valence-electron chi connectivity index (χ4n) is 5.92. The first-order valence-corrected chi connectivity index (χ1v) is 11.1. The molecule has 3 aliphatic rings. The van der Waals surface area contributed by atoms with Crippen LogP contribution < -0.4 is 10.6 Å². The number of likely N-dealkylation sites (tertiary alicyclic amines) is 1. The summed E-state index contributed by atoms with van der Waals surface area (Å²) in [6.45, 7) is 3.49. The molecule has 152 valence electrons. The zero-order valence-electron chi connectivity index (χ0n) is 17.1. The summed E-state index contributed by atoms with van der Waals surface area (Å²) in [6.07, 6.45) is 7.94. The lowest BCUT2D eigenvalue weighted by atomic mass is 9.60. The minimum absolute atomic E-state index is 0.356. The molecule has 2 aromatic carbocycles. The predicted octanol–water partition coefficient (Wildman–Crippen LogP) is 4.37. The predicted molar refractivity (Wildman–Crippen MR) is 117 cm³/mol. The molecule has 1 aliphatic carbocycles. The highest BCUT2D eigenvalue weighted by Crippen LogP contribution is 2.53. The average Bonchev–Trinajstić information content (AvgIpc) is 3.22. The molecule has 2 heterocycles. The monoisotopic (exact) mass is 389 g/mol. The number of amides is 1. The molecule has 2 N–H and O–H groups in total. The van der Waals surface area contributed by atoms with Gasteiger partial charge >= 0.3 is 0 Å². The van der Waals surface area contributed by atoms with E-state index in [4.69, 9.17) is 5.73 Å². The zero-order chi connectivity index (χ0) is 19.8. The van der Waals surface area contributed by atoms with E-state index in [0.29, 0.717) is 17.0 Å². The van der Waals surface area contributed by atoms with Crippen molar-refractivity contribution >= 4 is 11.6 Å². The minimum Gasteiger partial charge on any atom is -0.371 e. The Balaban J connectivity index is 1.18. The van der Waals surface area contributed by atoms with Gasteiger partial charge in [0.2, 0.25) is 5.91 Å². The lowest BCUT2D eigenvalue weighted by Gasteiger charge is -2.56. The van der Waals surface area contributed by atoms with E-state index < -0.39 is 0 Å². The molecule has 4 nitrogen and oxygen atoms in total. The highest BCUT2D eigenvalue weighted by atomic mass is 16.1. The van der Waals surface area contributed by atoms with Crippen molar-refractivity contribution < 1.29 is 4.79 Å². The first-order chi connectivity index (χ1) is 14.1. The van der Waals surface area contributed by atoms with Crippen LogP contribution >= 0.6 is 0 Å². The summed E-state index contributed by atoms with van der Waals surface area (Å²) in [6, 6.07) is 20.3. The Morgan fingerprint density at radius 3 is 2.28 bits per heavy atom. The van der Waals surface area contributed by atoms with Gasteiger partial charge in [0.05, 0.1) is 0 Å². The largest absolute Gasteiger partial charge is 0.371 e. The molecular weight excluding hydrogens is 358 g/mol. The van der Waals surface area contributed by atoms with Crippen LogP contribution in [-0.2, 0) is 0 Å². The van der Waals surface area contributed by atoms with Crippen molar-refractivity contribution in [2.75, 3.05) is 24.5 Å². The van der Waals surface area contributed by atoms with Gasteiger partial charge in [-0.15, -0.1) is 0 Å². The van der Waals surface area contributed by atoms with Crippen molar-refractivity contribution in [3.05, 3.63) is 65.7 Å². The lowest BCUT2D eigenvalue weighted by Crippen LogP contribution is -2.54. The molecule has 0 aromatic heterocycles. The fraction of sp³-hybridized carbons (Fsp3) is 0.480. The quantitative estimate of drug-likeness (QED) is 0.845. The van der Waals surface area contributed by atoms with E-state index in [0.717, 1.165) is 19.1 Å². The standard InChI is InChI=1S/C25H31N3O/c26-24(29)20-8-10-21(11-9-20)27-15-12-25(13-16-27)17-22(18-25)28-14-4-7-23(28)19-5-2-1-3-6-19/h1-3,5-6,8-11,22-23H,4,7,12-18H2,(H2,26,29). The highest BCUT2D eigenvalue weighted by Gasteiger charge is 2.49. The van der Waals surface area contributed by atoms with Crippen LogP contribution in [0.3, 0.4) is 0 Å². The van der Waals surface area contributed by atoms with Gasteiger partial charge in [-0.25, -0.2) is 0 Å². The fourth-order valence-corrected chi connectivity index (χ4v) is 5.92. The molecule has 0 bridgehead atoms. The SMILES string of the molecule is NC(=O)c1ccc(N2CCC3(CC2)CC(N2CCCC2c2ccccc2)C3)cc1. The number of nitrogens with zero attached hydrogens (tertiary/aromatic N) is 2. The van der Waals surface area contributed by atoms with Crippen molar-refractivity contribution in [2.45, 2.75) is 50.6 Å². The molecular formula is C25H31N3O. The Hall–Kier alpha value is -2.33. The van der Waals surface area contributed by atoms with Crippen LogP contribution in [0.2, 0.25) is 0 Å². The van der Waals surface area contributed by atoms with Gasteiger partial charge < -0.3 is 10.6 Å². The average molecular weight is 390 g/mol. The third-order valence-electron chi connectivity index (χ3n) is 7.63. The Morgan fingerprint density at radius 2 is 1.62 bits per heavy atom. The van der Waals surface area contributed by atoms with E-state index in [1.807, 2.05) is 24.3 Å². The number of carbonyl (C=O) groups is 1. The maximum atomic E-state index is 11.3. The van der Waals surface area contributed by atoms with E-state index in [9.17, 15) is 4.79 Å². The molecule has 1 spiro atoms. The van der Waals surface area contributed by atoms with Crippen LogP contribution in [0.1, 0.15) is 60.5 Å². The van der Waals surface area contributed by atoms with Crippen molar-refractivity contribution in [2.24, 2.45) is 11.1 Å². The summed E-state index contributed by atoms with van der Waals surface area (Å²) in [5.74, 6) is -0.356. The number of piperidine rings is 1. The molecule has 2 aliphatic heterocycles. The summed E-state index contributed by atoms with van der Waals surface area (Å²) in [4.78, 5) is 16.5. The van der Waals surface area contributed by atoms with Gasteiger partial charge in [-0.05, 0) is 80.3 Å². The summed E-state index contributed by atoms with van der Waals surface area (Å²) >= 11 is 0. The summed E-state index contributed by atoms with van der Waals surface area (Å²) in [7, 11) is 0. The molecule has 1 unspecified atom stereocenters. The molecule has 1 saturated carbocycles. The summed E-state index contributed by atoms with van der Waals surface area (Å²) in [5.41, 5.74) is 9.21. The number of hydrogen-bond acceptors (Lipinski definition) is 3. The van der Waals surface area contributed by atoms with Crippen LogP contribution in [0.5, 0.6) is 0 Å².